The first kappa shape index (κ1) is 20.7. The van der Waals surface area contributed by atoms with Crippen LogP contribution in [0.4, 0.5) is 0 Å². The minimum absolute atomic E-state index is 0.105. The summed E-state index contributed by atoms with van der Waals surface area (Å²) < 4.78 is 11.2. The number of nitrogens with zero attached hydrogens (tertiary/aromatic N) is 1. The molecule has 0 radical (unpaired) electrons. The highest BCUT2D eigenvalue weighted by molar-refractivity contribution is 5.99. The van der Waals surface area contributed by atoms with Crippen molar-refractivity contribution in [3.05, 3.63) is 83.8 Å². The number of fused-ring (bicyclic) bond motifs is 1. The van der Waals surface area contributed by atoms with Crippen molar-refractivity contribution in [1.82, 2.24) is 10.3 Å². The summed E-state index contributed by atoms with van der Waals surface area (Å²) in [6.45, 7) is 5.14. The van der Waals surface area contributed by atoms with Gasteiger partial charge in [0.15, 0.2) is 0 Å². The van der Waals surface area contributed by atoms with Crippen LogP contribution >= 0.6 is 0 Å². The van der Waals surface area contributed by atoms with Crippen LogP contribution in [0.25, 0.3) is 22.2 Å². The number of ether oxygens (including phenoxy) is 1. The molecule has 31 heavy (non-hydrogen) atoms. The lowest BCUT2D eigenvalue weighted by Crippen LogP contribution is -2.24. The van der Waals surface area contributed by atoms with Crippen LogP contribution in [-0.4, -0.2) is 24.0 Å². The normalized spacial score (nSPS) is 10.9. The van der Waals surface area contributed by atoms with Crippen LogP contribution in [0.3, 0.4) is 0 Å². The Balaban J connectivity index is 1.54. The van der Waals surface area contributed by atoms with Gasteiger partial charge in [-0.25, -0.2) is 4.98 Å². The Bertz CT molecular complexity index is 1170. The van der Waals surface area contributed by atoms with Crippen molar-refractivity contribution in [3.8, 4) is 17.0 Å². The molecule has 4 rings (SSSR count). The standard InChI is InChI=1S/C26H26N2O3/c1-3-30-25-17-24(19-10-8-18(2)9-11-19)28-23-13-12-20(16-22(23)25)26(29)27-14-4-6-21-7-5-15-31-21/h5,7-13,15-17H,3-4,6,14H2,1-2H3,(H,27,29). The predicted molar refractivity (Wildman–Crippen MR) is 122 cm³/mol. The highest BCUT2D eigenvalue weighted by Gasteiger charge is 2.12. The molecule has 1 amide bonds. The van der Waals surface area contributed by atoms with Gasteiger partial charge in [0.05, 0.1) is 24.1 Å². The molecule has 158 valence electrons. The summed E-state index contributed by atoms with van der Waals surface area (Å²) in [4.78, 5) is 17.4. The third-order valence-electron chi connectivity index (χ3n) is 5.15. The number of amides is 1. The largest absolute Gasteiger partial charge is 0.493 e. The summed E-state index contributed by atoms with van der Waals surface area (Å²) in [7, 11) is 0. The first-order valence-electron chi connectivity index (χ1n) is 10.6. The van der Waals surface area contributed by atoms with E-state index in [1.54, 1.807) is 6.26 Å². The van der Waals surface area contributed by atoms with E-state index in [0.717, 1.165) is 46.5 Å². The molecule has 0 unspecified atom stereocenters. The van der Waals surface area contributed by atoms with Crippen LogP contribution < -0.4 is 10.1 Å². The quantitative estimate of drug-likeness (QED) is 0.383. The van der Waals surface area contributed by atoms with Gasteiger partial charge in [0, 0.05) is 35.5 Å². The van der Waals surface area contributed by atoms with Crippen LogP contribution in [0.2, 0.25) is 0 Å². The van der Waals surface area contributed by atoms with E-state index in [2.05, 4.69) is 36.5 Å². The molecule has 1 N–H and O–H groups in total. The van der Waals surface area contributed by atoms with Crippen LogP contribution in [-0.2, 0) is 6.42 Å². The summed E-state index contributed by atoms with van der Waals surface area (Å²) in [5.41, 5.74) is 4.49. The summed E-state index contributed by atoms with van der Waals surface area (Å²) in [6.07, 6.45) is 3.28. The predicted octanol–water partition coefficient (Wildman–Crippen LogP) is 5.56. The minimum Gasteiger partial charge on any atom is -0.493 e. The lowest BCUT2D eigenvalue weighted by molar-refractivity contribution is 0.0953. The third kappa shape index (κ3) is 4.94. The van der Waals surface area contributed by atoms with Gasteiger partial charge in [0.1, 0.15) is 11.5 Å². The highest BCUT2D eigenvalue weighted by Crippen LogP contribution is 2.31. The number of furan rings is 1. The second-order valence-electron chi connectivity index (χ2n) is 7.48. The zero-order chi connectivity index (χ0) is 21.6. The Morgan fingerprint density at radius 2 is 1.94 bits per heavy atom. The van der Waals surface area contributed by atoms with Crippen LogP contribution in [0.1, 0.15) is 35.0 Å². The average Bonchev–Trinajstić information content (AvgIpc) is 3.30. The first-order valence-corrected chi connectivity index (χ1v) is 10.6. The van der Waals surface area contributed by atoms with E-state index in [1.807, 2.05) is 43.3 Å². The Morgan fingerprint density at radius 1 is 1.10 bits per heavy atom. The van der Waals surface area contributed by atoms with E-state index in [0.29, 0.717) is 18.7 Å². The molecule has 5 nitrogen and oxygen atoms in total. The number of nitrogens with one attached hydrogen (secondary N) is 1. The van der Waals surface area contributed by atoms with Crippen molar-refractivity contribution in [1.29, 1.82) is 0 Å². The van der Waals surface area contributed by atoms with Gasteiger partial charge >= 0.3 is 0 Å². The van der Waals surface area contributed by atoms with Gasteiger partial charge in [-0.1, -0.05) is 29.8 Å². The second-order valence-corrected chi connectivity index (χ2v) is 7.48. The zero-order valence-corrected chi connectivity index (χ0v) is 17.9. The first-order chi connectivity index (χ1) is 15.1. The Labute approximate surface area is 182 Å². The number of benzene rings is 2. The molecule has 0 aliphatic rings. The zero-order valence-electron chi connectivity index (χ0n) is 17.9. The smallest absolute Gasteiger partial charge is 0.251 e. The molecular formula is C26H26N2O3. The average molecular weight is 415 g/mol. The molecule has 0 atom stereocenters. The van der Waals surface area contributed by atoms with E-state index < -0.39 is 0 Å². The Hall–Kier alpha value is -3.60. The maximum Gasteiger partial charge on any atom is 0.251 e. The van der Waals surface area contributed by atoms with Crippen molar-refractivity contribution in [2.24, 2.45) is 0 Å². The molecule has 0 aliphatic heterocycles. The fourth-order valence-electron chi connectivity index (χ4n) is 3.50. The molecule has 5 heteroatoms. The summed E-state index contributed by atoms with van der Waals surface area (Å²) in [5, 5.41) is 3.81. The van der Waals surface area contributed by atoms with Crippen LogP contribution in [0, 0.1) is 6.92 Å². The fraction of sp³-hybridized carbons (Fsp3) is 0.231. The number of carbonyl (C=O) groups is 1. The van der Waals surface area contributed by atoms with Crippen molar-refractivity contribution in [3.63, 3.8) is 0 Å². The molecule has 0 spiro atoms. The maximum atomic E-state index is 12.6. The molecule has 0 bridgehead atoms. The van der Waals surface area contributed by atoms with E-state index in [4.69, 9.17) is 14.1 Å². The molecule has 2 heterocycles. The molecule has 2 aromatic heterocycles. The van der Waals surface area contributed by atoms with Gasteiger partial charge in [-0.05, 0) is 50.6 Å². The molecule has 2 aromatic carbocycles. The van der Waals surface area contributed by atoms with Crippen molar-refractivity contribution in [2.45, 2.75) is 26.7 Å². The maximum absolute atomic E-state index is 12.6. The number of hydrogen-bond donors (Lipinski definition) is 1. The molecule has 0 saturated heterocycles. The lowest BCUT2D eigenvalue weighted by Gasteiger charge is -2.12. The van der Waals surface area contributed by atoms with Gasteiger partial charge in [-0.15, -0.1) is 0 Å². The van der Waals surface area contributed by atoms with Gasteiger partial charge < -0.3 is 14.5 Å². The van der Waals surface area contributed by atoms with Crippen LogP contribution in [0.5, 0.6) is 5.75 Å². The van der Waals surface area contributed by atoms with Crippen molar-refractivity contribution < 1.29 is 13.9 Å². The van der Waals surface area contributed by atoms with Crippen molar-refractivity contribution >= 4 is 16.8 Å². The number of aryl methyl sites for hydroxylation is 2. The molecule has 4 aromatic rings. The number of rotatable bonds is 8. The van der Waals surface area contributed by atoms with Crippen molar-refractivity contribution in [2.75, 3.05) is 13.2 Å². The summed E-state index contributed by atoms with van der Waals surface area (Å²) in [6, 6.07) is 19.6. The molecule has 0 saturated carbocycles. The van der Waals surface area contributed by atoms with Crippen LogP contribution in [0.15, 0.2) is 71.3 Å². The molecular weight excluding hydrogens is 388 g/mol. The Kier molecular flexibility index (Phi) is 6.32. The van der Waals surface area contributed by atoms with Gasteiger partial charge in [0.25, 0.3) is 5.91 Å². The van der Waals surface area contributed by atoms with E-state index >= 15 is 0 Å². The monoisotopic (exact) mass is 414 g/mol. The summed E-state index contributed by atoms with van der Waals surface area (Å²) in [5.74, 6) is 1.55. The topological polar surface area (TPSA) is 64.4 Å². The number of aromatic nitrogens is 1. The highest BCUT2D eigenvalue weighted by atomic mass is 16.5. The molecule has 0 fully saturated rings. The number of carbonyl (C=O) groups excluding carboxylic acids is 1. The van der Waals surface area contributed by atoms with Gasteiger partial charge in [-0.3, -0.25) is 4.79 Å². The third-order valence-corrected chi connectivity index (χ3v) is 5.15. The van der Waals surface area contributed by atoms with E-state index in [-0.39, 0.29) is 5.91 Å². The summed E-state index contributed by atoms with van der Waals surface area (Å²) >= 11 is 0. The van der Waals surface area contributed by atoms with E-state index in [9.17, 15) is 4.79 Å². The fourth-order valence-corrected chi connectivity index (χ4v) is 3.50. The second kappa shape index (κ2) is 9.47. The SMILES string of the molecule is CCOc1cc(-c2ccc(C)cc2)nc2ccc(C(=O)NCCCc3ccco3)cc12. The van der Waals surface area contributed by atoms with Gasteiger partial charge in [-0.2, -0.15) is 0 Å². The minimum atomic E-state index is -0.105. The lowest BCUT2D eigenvalue weighted by atomic mass is 10.1. The number of hydrogen-bond acceptors (Lipinski definition) is 4. The molecule has 0 aliphatic carbocycles. The van der Waals surface area contributed by atoms with Gasteiger partial charge in [0.2, 0.25) is 0 Å². The Morgan fingerprint density at radius 3 is 2.68 bits per heavy atom. The number of pyridine rings is 1. The van der Waals surface area contributed by atoms with E-state index in [1.165, 1.54) is 5.56 Å².